The molecular weight excluding hydrogens is 242 g/mol. The third-order valence-electron chi connectivity index (χ3n) is 3.52. The minimum absolute atomic E-state index is 0.586. The first-order valence-corrected chi connectivity index (χ1v) is 6.99. The quantitative estimate of drug-likeness (QED) is 0.829. The summed E-state index contributed by atoms with van der Waals surface area (Å²) >= 11 is 5.07. The Morgan fingerprint density at radius 1 is 1.44 bits per heavy atom. The SMILES string of the molecule is Cc1cncc(CN(CC(N)=S)C2CCCC2)c1. The zero-order valence-corrected chi connectivity index (χ0v) is 11.7. The number of hydrogen-bond donors (Lipinski definition) is 1. The summed E-state index contributed by atoms with van der Waals surface area (Å²) in [6, 6.07) is 2.82. The van der Waals surface area contributed by atoms with Gasteiger partial charge in [-0.2, -0.15) is 0 Å². The highest BCUT2D eigenvalue weighted by atomic mass is 32.1. The Labute approximate surface area is 114 Å². The monoisotopic (exact) mass is 263 g/mol. The highest BCUT2D eigenvalue weighted by Crippen LogP contribution is 2.24. The van der Waals surface area contributed by atoms with E-state index in [-0.39, 0.29) is 0 Å². The van der Waals surface area contributed by atoms with Crippen molar-refractivity contribution in [1.29, 1.82) is 0 Å². The fraction of sp³-hybridized carbons (Fsp3) is 0.571. The van der Waals surface area contributed by atoms with Crippen LogP contribution >= 0.6 is 12.2 Å². The van der Waals surface area contributed by atoms with E-state index in [2.05, 4.69) is 22.9 Å². The molecule has 1 aromatic rings. The highest BCUT2D eigenvalue weighted by molar-refractivity contribution is 7.80. The van der Waals surface area contributed by atoms with Crippen LogP contribution in [-0.2, 0) is 6.54 Å². The molecule has 0 aliphatic heterocycles. The average Bonchev–Trinajstić information content (AvgIpc) is 2.80. The van der Waals surface area contributed by atoms with Crippen molar-refractivity contribution in [3.05, 3.63) is 29.6 Å². The molecule has 1 saturated carbocycles. The third kappa shape index (κ3) is 3.75. The maximum Gasteiger partial charge on any atom is 0.0870 e. The fourth-order valence-electron chi connectivity index (χ4n) is 2.72. The van der Waals surface area contributed by atoms with Gasteiger partial charge in [-0.1, -0.05) is 31.1 Å². The summed E-state index contributed by atoms with van der Waals surface area (Å²) < 4.78 is 0. The summed E-state index contributed by atoms with van der Waals surface area (Å²) in [6.07, 6.45) is 9.00. The molecule has 0 unspecified atom stereocenters. The molecule has 0 bridgehead atoms. The molecule has 4 heteroatoms. The lowest BCUT2D eigenvalue weighted by atomic mass is 10.1. The van der Waals surface area contributed by atoms with Gasteiger partial charge in [0.2, 0.25) is 0 Å². The van der Waals surface area contributed by atoms with E-state index in [1.54, 1.807) is 0 Å². The molecule has 2 N–H and O–H groups in total. The van der Waals surface area contributed by atoms with Crippen LogP contribution in [0, 0.1) is 6.92 Å². The van der Waals surface area contributed by atoms with Crippen LogP contribution < -0.4 is 5.73 Å². The zero-order valence-electron chi connectivity index (χ0n) is 10.9. The van der Waals surface area contributed by atoms with Gasteiger partial charge in [0.15, 0.2) is 0 Å². The third-order valence-corrected chi connectivity index (χ3v) is 3.65. The minimum atomic E-state index is 0.586. The number of rotatable bonds is 5. The summed E-state index contributed by atoms with van der Waals surface area (Å²) in [5.41, 5.74) is 8.17. The van der Waals surface area contributed by atoms with Crippen molar-refractivity contribution in [3.8, 4) is 0 Å². The molecule has 1 aromatic heterocycles. The van der Waals surface area contributed by atoms with Crippen molar-refractivity contribution < 1.29 is 0 Å². The van der Waals surface area contributed by atoms with E-state index in [9.17, 15) is 0 Å². The Kier molecular flexibility index (Phi) is 4.66. The zero-order chi connectivity index (χ0) is 13.0. The van der Waals surface area contributed by atoms with E-state index in [0.29, 0.717) is 17.6 Å². The first kappa shape index (κ1) is 13.4. The van der Waals surface area contributed by atoms with Gasteiger partial charge in [0.1, 0.15) is 0 Å². The van der Waals surface area contributed by atoms with Gasteiger partial charge in [-0.25, -0.2) is 0 Å². The molecule has 1 aliphatic carbocycles. The van der Waals surface area contributed by atoms with Gasteiger partial charge >= 0.3 is 0 Å². The number of pyridine rings is 1. The fourth-order valence-corrected chi connectivity index (χ4v) is 2.89. The topological polar surface area (TPSA) is 42.2 Å². The lowest BCUT2D eigenvalue weighted by Gasteiger charge is -2.28. The van der Waals surface area contributed by atoms with E-state index in [1.807, 2.05) is 12.4 Å². The van der Waals surface area contributed by atoms with Crippen LogP contribution in [0.1, 0.15) is 36.8 Å². The van der Waals surface area contributed by atoms with Crippen molar-refractivity contribution >= 4 is 17.2 Å². The molecule has 0 aromatic carbocycles. The van der Waals surface area contributed by atoms with Gasteiger partial charge in [-0.05, 0) is 30.9 Å². The van der Waals surface area contributed by atoms with E-state index in [4.69, 9.17) is 18.0 Å². The Hall–Kier alpha value is -1.00. The molecule has 0 atom stereocenters. The summed E-state index contributed by atoms with van der Waals surface area (Å²) in [5, 5.41) is 0. The van der Waals surface area contributed by atoms with Crippen molar-refractivity contribution in [2.75, 3.05) is 6.54 Å². The molecule has 2 rings (SSSR count). The first-order chi connectivity index (χ1) is 8.65. The Morgan fingerprint density at radius 2 is 2.17 bits per heavy atom. The van der Waals surface area contributed by atoms with E-state index in [1.165, 1.54) is 36.8 Å². The molecule has 3 nitrogen and oxygen atoms in total. The van der Waals surface area contributed by atoms with E-state index in [0.717, 1.165) is 6.54 Å². The van der Waals surface area contributed by atoms with E-state index >= 15 is 0 Å². The number of aryl methyl sites for hydroxylation is 1. The van der Waals surface area contributed by atoms with Crippen LogP contribution in [0.2, 0.25) is 0 Å². The Balaban J connectivity index is 2.06. The molecular formula is C14H21N3S. The number of hydrogen-bond acceptors (Lipinski definition) is 3. The second kappa shape index (κ2) is 6.25. The maximum atomic E-state index is 5.72. The van der Waals surface area contributed by atoms with Crippen LogP contribution in [0.3, 0.4) is 0 Å². The van der Waals surface area contributed by atoms with Crippen LogP contribution in [0.25, 0.3) is 0 Å². The van der Waals surface area contributed by atoms with Crippen molar-refractivity contribution in [2.45, 2.75) is 45.2 Å². The largest absolute Gasteiger partial charge is 0.392 e. The standard InChI is InChI=1S/C14H21N3S/c1-11-6-12(8-16-7-11)9-17(10-14(15)18)13-4-2-3-5-13/h6-8,13H,2-5,9-10H2,1H3,(H2,15,18). The van der Waals surface area contributed by atoms with Crippen LogP contribution in [0.5, 0.6) is 0 Å². The van der Waals surface area contributed by atoms with Gasteiger partial charge < -0.3 is 5.73 Å². The summed E-state index contributed by atoms with van der Waals surface area (Å²) in [7, 11) is 0. The smallest absolute Gasteiger partial charge is 0.0870 e. The Morgan fingerprint density at radius 3 is 2.78 bits per heavy atom. The normalized spacial score (nSPS) is 16.3. The summed E-state index contributed by atoms with van der Waals surface area (Å²) in [5.74, 6) is 0. The van der Waals surface area contributed by atoms with E-state index < -0.39 is 0 Å². The molecule has 98 valence electrons. The van der Waals surface area contributed by atoms with Gasteiger partial charge in [0.25, 0.3) is 0 Å². The minimum Gasteiger partial charge on any atom is -0.392 e. The number of nitrogens with two attached hydrogens (primary N) is 1. The van der Waals surface area contributed by atoms with Crippen molar-refractivity contribution in [3.63, 3.8) is 0 Å². The molecule has 0 amide bonds. The predicted molar refractivity (Wildman–Crippen MR) is 78.4 cm³/mol. The van der Waals surface area contributed by atoms with Gasteiger partial charge in [0.05, 0.1) is 4.99 Å². The molecule has 1 heterocycles. The number of aromatic nitrogens is 1. The molecule has 0 saturated heterocycles. The molecule has 0 radical (unpaired) electrons. The van der Waals surface area contributed by atoms with Gasteiger partial charge in [-0.15, -0.1) is 0 Å². The van der Waals surface area contributed by atoms with Crippen LogP contribution in [0.15, 0.2) is 18.5 Å². The molecule has 18 heavy (non-hydrogen) atoms. The second-order valence-electron chi connectivity index (χ2n) is 5.18. The lowest BCUT2D eigenvalue weighted by Crippen LogP contribution is -2.38. The highest BCUT2D eigenvalue weighted by Gasteiger charge is 2.23. The Bertz CT molecular complexity index is 413. The van der Waals surface area contributed by atoms with Crippen LogP contribution in [-0.4, -0.2) is 27.5 Å². The number of nitrogens with zero attached hydrogens (tertiary/aromatic N) is 2. The first-order valence-electron chi connectivity index (χ1n) is 6.58. The predicted octanol–water partition coefficient (Wildman–Crippen LogP) is 2.42. The number of thiocarbonyl (C=S) groups is 1. The summed E-state index contributed by atoms with van der Waals surface area (Å²) in [6.45, 7) is 3.69. The maximum absolute atomic E-state index is 5.72. The van der Waals surface area contributed by atoms with Gasteiger partial charge in [0, 0.05) is 31.5 Å². The second-order valence-corrected chi connectivity index (χ2v) is 5.70. The average molecular weight is 263 g/mol. The van der Waals surface area contributed by atoms with Crippen LogP contribution in [0.4, 0.5) is 0 Å². The molecule has 0 spiro atoms. The molecule has 1 fully saturated rings. The molecule has 1 aliphatic rings. The van der Waals surface area contributed by atoms with Crippen molar-refractivity contribution in [2.24, 2.45) is 5.73 Å². The van der Waals surface area contributed by atoms with Crippen molar-refractivity contribution in [1.82, 2.24) is 9.88 Å². The van der Waals surface area contributed by atoms with Gasteiger partial charge in [-0.3, -0.25) is 9.88 Å². The lowest BCUT2D eigenvalue weighted by molar-refractivity contribution is 0.218. The summed E-state index contributed by atoms with van der Waals surface area (Å²) in [4.78, 5) is 7.25.